The average Bonchev–Trinajstić information content (AvgIpc) is 2.69. The average molecular weight is 343 g/mol. The predicted molar refractivity (Wildman–Crippen MR) is 79.1 cm³/mol. The van der Waals surface area contributed by atoms with Gasteiger partial charge in [-0.15, -0.1) is 11.3 Å². The summed E-state index contributed by atoms with van der Waals surface area (Å²) in [6, 6.07) is 11.0. The van der Waals surface area contributed by atoms with Crippen molar-refractivity contribution in [2.45, 2.75) is 13.0 Å². The van der Waals surface area contributed by atoms with E-state index in [0.29, 0.717) is 6.04 Å². The summed E-state index contributed by atoms with van der Waals surface area (Å²) in [5.74, 6) is 0. The quantitative estimate of drug-likeness (QED) is 0.832. The zero-order valence-electron chi connectivity index (χ0n) is 9.33. The van der Waals surface area contributed by atoms with Crippen LogP contribution in [0.3, 0.4) is 0 Å². The van der Waals surface area contributed by atoms with Gasteiger partial charge in [0, 0.05) is 8.45 Å². The largest absolute Gasteiger partial charge is 0.309 e. The third-order valence-corrected chi connectivity index (χ3v) is 4.73. The van der Waals surface area contributed by atoms with Gasteiger partial charge in [0.25, 0.3) is 0 Å². The van der Waals surface area contributed by atoms with E-state index in [9.17, 15) is 0 Å². The van der Waals surface area contributed by atoms with Gasteiger partial charge in [0.1, 0.15) is 0 Å². The van der Waals surface area contributed by atoms with E-state index >= 15 is 0 Å². The molecular formula is C13H14INS. The van der Waals surface area contributed by atoms with Crippen LogP contribution in [0.15, 0.2) is 35.7 Å². The molecule has 1 N–H and O–H groups in total. The first kappa shape index (κ1) is 12.1. The van der Waals surface area contributed by atoms with Gasteiger partial charge in [-0.05, 0) is 65.2 Å². The van der Waals surface area contributed by atoms with Gasteiger partial charge < -0.3 is 5.32 Å². The summed E-state index contributed by atoms with van der Waals surface area (Å²) in [6.07, 6.45) is 0. The molecule has 2 rings (SSSR count). The summed E-state index contributed by atoms with van der Waals surface area (Å²) in [4.78, 5) is 1.41. The van der Waals surface area contributed by atoms with E-state index in [2.05, 4.69) is 70.5 Å². The highest BCUT2D eigenvalue weighted by atomic mass is 127. The van der Waals surface area contributed by atoms with E-state index in [1.807, 2.05) is 18.4 Å². The second kappa shape index (κ2) is 5.29. The number of nitrogens with one attached hydrogen (secondary N) is 1. The van der Waals surface area contributed by atoms with Crippen molar-refractivity contribution in [2.24, 2.45) is 0 Å². The van der Waals surface area contributed by atoms with E-state index in [1.165, 1.54) is 19.6 Å². The highest BCUT2D eigenvalue weighted by Crippen LogP contribution is 2.31. The van der Waals surface area contributed by atoms with Gasteiger partial charge >= 0.3 is 0 Å². The fourth-order valence-electron chi connectivity index (χ4n) is 1.82. The molecule has 0 aliphatic rings. The normalized spacial score (nSPS) is 12.7. The molecule has 0 bridgehead atoms. The SMILES string of the molecule is CNC(c1ccccc1I)c1sccc1C. The summed E-state index contributed by atoms with van der Waals surface area (Å²) in [7, 11) is 2.02. The van der Waals surface area contributed by atoms with Gasteiger partial charge in [-0.3, -0.25) is 0 Å². The Hall–Kier alpha value is -0.390. The third-order valence-electron chi connectivity index (χ3n) is 2.67. The predicted octanol–water partition coefficient (Wildman–Crippen LogP) is 3.97. The van der Waals surface area contributed by atoms with Gasteiger partial charge in [-0.1, -0.05) is 18.2 Å². The van der Waals surface area contributed by atoms with E-state index in [1.54, 1.807) is 0 Å². The second-order valence-corrected chi connectivity index (χ2v) is 5.82. The first-order chi connectivity index (χ1) is 7.74. The zero-order chi connectivity index (χ0) is 11.5. The van der Waals surface area contributed by atoms with Crippen molar-refractivity contribution in [3.63, 3.8) is 0 Å². The Morgan fingerprint density at radius 1 is 1.25 bits per heavy atom. The lowest BCUT2D eigenvalue weighted by molar-refractivity contribution is 0.697. The van der Waals surface area contributed by atoms with Crippen molar-refractivity contribution in [1.29, 1.82) is 0 Å². The molecule has 0 aliphatic carbocycles. The van der Waals surface area contributed by atoms with Crippen molar-refractivity contribution in [2.75, 3.05) is 7.05 Å². The first-order valence-corrected chi connectivity index (χ1v) is 7.15. The van der Waals surface area contributed by atoms with Crippen LogP contribution in [0.5, 0.6) is 0 Å². The molecule has 1 atom stereocenters. The van der Waals surface area contributed by atoms with Gasteiger partial charge in [-0.25, -0.2) is 0 Å². The van der Waals surface area contributed by atoms with E-state index < -0.39 is 0 Å². The maximum atomic E-state index is 3.41. The van der Waals surface area contributed by atoms with Crippen LogP contribution in [0, 0.1) is 10.5 Å². The molecule has 1 heterocycles. The highest BCUT2D eigenvalue weighted by Gasteiger charge is 2.17. The summed E-state index contributed by atoms with van der Waals surface area (Å²) >= 11 is 4.22. The third kappa shape index (κ3) is 2.31. The lowest BCUT2D eigenvalue weighted by Gasteiger charge is -2.17. The Labute approximate surface area is 114 Å². The number of halogens is 1. The van der Waals surface area contributed by atoms with Crippen LogP contribution in [0.25, 0.3) is 0 Å². The number of hydrogen-bond donors (Lipinski definition) is 1. The summed E-state index contributed by atoms with van der Waals surface area (Å²) in [5.41, 5.74) is 2.72. The first-order valence-electron chi connectivity index (χ1n) is 5.19. The lowest BCUT2D eigenvalue weighted by atomic mass is 10.0. The molecule has 0 fully saturated rings. The second-order valence-electron chi connectivity index (χ2n) is 3.71. The van der Waals surface area contributed by atoms with Gasteiger partial charge in [-0.2, -0.15) is 0 Å². The number of hydrogen-bond acceptors (Lipinski definition) is 2. The molecule has 3 heteroatoms. The van der Waals surface area contributed by atoms with Gasteiger partial charge in [0.05, 0.1) is 6.04 Å². The molecular weight excluding hydrogens is 329 g/mol. The van der Waals surface area contributed by atoms with Crippen molar-refractivity contribution in [1.82, 2.24) is 5.32 Å². The summed E-state index contributed by atoms with van der Waals surface area (Å²) in [6.45, 7) is 2.17. The minimum atomic E-state index is 0.313. The van der Waals surface area contributed by atoms with Crippen molar-refractivity contribution < 1.29 is 0 Å². The minimum Gasteiger partial charge on any atom is -0.309 e. The van der Waals surface area contributed by atoms with Crippen LogP contribution >= 0.6 is 33.9 Å². The fraction of sp³-hybridized carbons (Fsp3) is 0.231. The zero-order valence-corrected chi connectivity index (χ0v) is 12.3. The molecule has 0 radical (unpaired) electrons. The molecule has 1 nitrogen and oxygen atoms in total. The van der Waals surface area contributed by atoms with Crippen LogP contribution in [-0.4, -0.2) is 7.05 Å². The maximum absolute atomic E-state index is 3.41. The molecule has 1 unspecified atom stereocenters. The molecule has 1 aromatic heterocycles. The molecule has 84 valence electrons. The molecule has 0 aliphatic heterocycles. The fourth-order valence-corrected chi connectivity index (χ4v) is 3.57. The maximum Gasteiger partial charge on any atom is 0.0681 e. The Balaban J connectivity index is 2.45. The van der Waals surface area contributed by atoms with Crippen molar-refractivity contribution in [3.05, 3.63) is 55.3 Å². The van der Waals surface area contributed by atoms with E-state index in [0.717, 1.165) is 0 Å². The standard InChI is InChI=1S/C13H14INS/c1-9-7-8-16-13(9)12(15-2)10-5-3-4-6-11(10)14/h3-8,12,15H,1-2H3. The van der Waals surface area contributed by atoms with Gasteiger partial charge in [0.15, 0.2) is 0 Å². The molecule has 0 saturated heterocycles. The van der Waals surface area contributed by atoms with Crippen LogP contribution in [0.2, 0.25) is 0 Å². The molecule has 0 amide bonds. The van der Waals surface area contributed by atoms with E-state index in [4.69, 9.17) is 0 Å². The Morgan fingerprint density at radius 3 is 2.56 bits per heavy atom. The Bertz CT molecular complexity index is 478. The minimum absolute atomic E-state index is 0.313. The molecule has 2 aromatic rings. The number of rotatable bonds is 3. The molecule has 1 aromatic carbocycles. The summed E-state index contributed by atoms with van der Waals surface area (Å²) < 4.78 is 1.31. The Morgan fingerprint density at radius 2 is 2.00 bits per heavy atom. The van der Waals surface area contributed by atoms with Crippen LogP contribution in [-0.2, 0) is 0 Å². The highest BCUT2D eigenvalue weighted by molar-refractivity contribution is 14.1. The van der Waals surface area contributed by atoms with Gasteiger partial charge in [0.2, 0.25) is 0 Å². The Kier molecular flexibility index (Phi) is 4.00. The summed E-state index contributed by atoms with van der Waals surface area (Å²) in [5, 5.41) is 5.57. The monoisotopic (exact) mass is 343 g/mol. The lowest BCUT2D eigenvalue weighted by Crippen LogP contribution is -2.18. The number of benzene rings is 1. The smallest absolute Gasteiger partial charge is 0.0681 e. The molecule has 16 heavy (non-hydrogen) atoms. The number of thiophene rings is 1. The molecule has 0 spiro atoms. The van der Waals surface area contributed by atoms with Crippen LogP contribution in [0.4, 0.5) is 0 Å². The van der Waals surface area contributed by atoms with Crippen LogP contribution in [0.1, 0.15) is 22.0 Å². The van der Waals surface area contributed by atoms with Crippen molar-refractivity contribution in [3.8, 4) is 0 Å². The topological polar surface area (TPSA) is 12.0 Å². The molecule has 0 saturated carbocycles. The number of aryl methyl sites for hydroxylation is 1. The van der Waals surface area contributed by atoms with Crippen LogP contribution < -0.4 is 5.32 Å². The van der Waals surface area contributed by atoms with Crippen molar-refractivity contribution >= 4 is 33.9 Å². The van der Waals surface area contributed by atoms with E-state index in [-0.39, 0.29) is 0 Å².